The van der Waals surface area contributed by atoms with Crippen LogP contribution in [0.3, 0.4) is 0 Å². The lowest BCUT2D eigenvalue weighted by atomic mass is 9.82. The molecule has 2 saturated carbocycles. The van der Waals surface area contributed by atoms with Gasteiger partial charge in [0.15, 0.2) is 0 Å². The van der Waals surface area contributed by atoms with E-state index in [2.05, 4.69) is 32.5 Å². The predicted octanol–water partition coefficient (Wildman–Crippen LogP) is 3.91. The zero-order chi connectivity index (χ0) is 26.8. The highest BCUT2D eigenvalue weighted by Crippen LogP contribution is 2.37. The Hall–Kier alpha value is -3.53. The number of carbonyl (C=O) groups excluding carboxylic acids is 2. The number of hydrogen-bond donors (Lipinski definition) is 3. The van der Waals surface area contributed by atoms with Crippen LogP contribution < -0.4 is 15.4 Å². The monoisotopic (exact) mass is 523 g/mol. The number of hydrogen-bond acceptors (Lipinski definition) is 6. The molecule has 2 amide bonds. The zero-order valence-corrected chi connectivity index (χ0v) is 22.0. The minimum Gasteiger partial charge on any atom is -0.493 e. The van der Waals surface area contributed by atoms with Crippen molar-refractivity contribution < 1.29 is 23.5 Å². The second kappa shape index (κ2) is 11.1. The molecule has 0 spiro atoms. The van der Waals surface area contributed by atoms with Gasteiger partial charge in [0.05, 0.1) is 17.7 Å². The molecule has 3 aromatic rings. The van der Waals surface area contributed by atoms with Crippen LogP contribution in [0.1, 0.15) is 55.1 Å². The maximum absolute atomic E-state index is 14.3. The second-order valence-electron chi connectivity index (χ2n) is 10.5. The molecule has 2 aliphatic carbocycles. The highest BCUT2D eigenvalue weighted by Gasteiger charge is 2.31. The van der Waals surface area contributed by atoms with E-state index < -0.39 is 5.82 Å². The summed E-state index contributed by atoms with van der Waals surface area (Å²) in [6.07, 6.45) is 5.97. The summed E-state index contributed by atoms with van der Waals surface area (Å²) >= 11 is 0. The Morgan fingerprint density at radius 2 is 1.97 bits per heavy atom. The van der Waals surface area contributed by atoms with Gasteiger partial charge in [-0.25, -0.2) is 14.4 Å². The quantitative estimate of drug-likeness (QED) is 0.391. The van der Waals surface area contributed by atoms with E-state index in [1.54, 1.807) is 6.07 Å². The Morgan fingerprint density at radius 3 is 2.71 bits per heavy atom. The van der Waals surface area contributed by atoms with Gasteiger partial charge in [-0.3, -0.25) is 9.59 Å². The molecule has 2 aliphatic rings. The molecule has 0 saturated heterocycles. The number of ether oxygens (including phenoxy) is 2. The zero-order valence-electron chi connectivity index (χ0n) is 22.0. The van der Waals surface area contributed by atoms with Crippen LogP contribution in [-0.4, -0.2) is 59.2 Å². The van der Waals surface area contributed by atoms with Crippen molar-refractivity contribution in [2.45, 2.75) is 58.0 Å². The van der Waals surface area contributed by atoms with E-state index in [9.17, 15) is 14.0 Å². The average Bonchev–Trinajstić information content (AvgIpc) is 3.64. The molecule has 3 atom stereocenters. The SMILES string of the molecule is COCC(=O)N[C@@H]1CC[C@H](NC(=O)c2c(C)[nH]c3c(-c4cc(F)ccc4OCC4CC4)ncnc23)[C@H](C)C1. The van der Waals surface area contributed by atoms with Crippen molar-refractivity contribution in [1.29, 1.82) is 0 Å². The van der Waals surface area contributed by atoms with Crippen LogP contribution in [0.4, 0.5) is 4.39 Å². The van der Waals surface area contributed by atoms with Crippen LogP contribution >= 0.6 is 0 Å². The van der Waals surface area contributed by atoms with E-state index >= 15 is 0 Å². The summed E-state index contributed by atoms with van der Waals surface area (Å²) in [4.78, 5) is 37.5. The molecule has 3 N–H and O–H groups in total. The van der Waals surface area contributed by atoms with Gasteiger partial charge < -0.3 is 25.1 Å². The van der Waals surface area contributed by atoms with Crippen molar-refractivity contribution >= 4 is 22.8 Å². The summed E-state index contributed by atoms with van der Waals surface area (Å²) < 4.78 is 25.2. The van der Waals surface area contributed by atoms with Gasteiger partial charge in [0.25, 0.3) is 5.91 Å². The van der Waals surface area contributed by atoms with E-state index in [0.29, 0.717) is 51.8 Å². The molecular weight excluding hydrogens is 489 g/mol. The van der Waals surface area contributed by atoms with Crippen molar-refractivity contribution in [1.82, 2.24) is 25.6 Å². The second-order valence-corrected chi connectivity index (χ2v) is 10.5. The average molecular weight is 524 g/mol. The molecule has 0 bridgehead atoms. The molecule has 0 unspecified atom stereocenters. The lowest BCUT2D eigenvalue weighted by Gasteiger charge is -2.35. The topological polar surface area (TPSA) is 118 Å². The van der Waals surface area contributed by atoms with Crippen molar-refractivity contribution in [2.24, 2.45) is 11.8 Å². The molecule has 2 heterocycles. The Balaban J connectivity index is 1.36. The molecule has 1 aromatic carbocycles. The fourth-order valence-electron chi connectivity index (χ4n) is 5.29. The third-order valence-corrected chi connectivity index (χ3v) is 7.49. The highest BCUT2D eigenvalue weighted by atomic mass is 19.1. The van der Waals surface area contributed by atoms with Crippen molar-refractivity contribution in [3.63, 3.8) is 0 Å². The molecule has 0 aliphatic heterocycles. The van der Waals surface area contributed by atoms with Gasteiger partial charge in [-0.15, -0.1) is 0 Å². The first-order valence-electron chi connectivity index (χ1n) is 13.2. The highest BCUT2D eigenvalue weighted by molar-refractivity contribution is 6.09. The van der Waals surface area contributed by atoms with Crippen LogP contribution in [0.5, 0.6) is 5.75 Å². The molecule has 0 radical (unpaired) electrons. The van der Waals surface area contributed by atoms with E-state index in [1.807, 2.05) is 6.92 Å². The van der Waals surface area contributed by atoms with Crippen LogP contribution in [-0.2, 0) is 9.53 Å². The molecule has 9 nitrogen and oxygen atoms in total. The number of rotatable bonds is 9. The molecular formula is C28H34FN5O4. The summed E-state index contributed by atoms with van der Waals surface area (Å²) in [5.41, 5.74) is 3.16. The maximum atomic E-state index is 14.3. The summed E-state index contributed by atoms with van der Waals surface area (Å²) in [6, 6.07) is 4.44. The maximum Gasteiger partial charge on any atom is 0.255 e. The molecule has 10 heteroatoms. The van der Waals surface area contributed by atoms with Gasteiger partial charge in [-0.1, -0.05) is 6.92 Å². The normalized spacial score (nSPS) is 21.3. The Kier molecular flexibility index (Phi) is 7.60. The minimum absolute atomic E-state index is 0.0330. The number of halogens is 1. The summed E-state index contributed by atoms with van der Waals surface area (Å²) in [5.74, 6) is 0.530. The number of aromatic amines is 1. The summed E-state index contributed by atoms with van der Waals surface area (Å²) in [7, 11) is 1.50. The van der Waals surface area contributed by atoms with Gasteiger partial charge in [-0.2, -0.15) is 0 Å². The van der Waals surface area contributed by atoms with Crippen LogP contribution in [0, 0.1) is 24.6 Å². The fraction of sp³-hybridized carbons (Fsp3) is 0.500. The molecule has 2 aromatic heterocycles. The fourth-order valence-corrected chi connectivity index (χ4v) is 5.29. The number of amides is 2. The standard InChI is InChI=1S/C28H34FN5O4/c1-15-10-19(33-23(35)13-37-3)7-8-21(15)34-28(36)24-16(2)32-27-25(30-14-31-26(24)27)20-11-18(29)6-9-22(20)38-12-17-4-5-17/h6,9,11,14-15,17,19,21,32H,4-5,7-8,10,12-13H2,1-3H3,(H,33,35)(H,34,36)/t15-,19-,21+/m1/s1. The lowest BCUT2D eigenvalue weighted by molar-refractivity contribution is -0.125. The Labute approximate surface area is 220 Å². The first kappa shape index (κ1) is 26.1. The minimum atomic E-state index is -0.394. The lowest BCUT2D eigenvalue weighted by Crippen LogP contribution is -2.48. The smallest absolute Gasteiger partial charge is 0.255 e. The van der Waals surface area contributed by atoms with E-state index in [0.717, 1.165) is 32.1 Å². The van der Waals surface area contributed by atoms with E-state index in [4.69, 9.17) is 9.47 Å². The predicted molar refractivity (Wildman–Crippen MR) is 140 cm³/mol. The van der Waals surface area contributed by atoms with Gasteiger partial charge in [-0.05, 0) is 69.1 Å². The van der Waals surface area contributed by atoms with Crippen molar-refractivity contribution in [3.05, 3.63) is 41.6 Å². The molecule has 5 rings (SSSR count). The van der Waals surface area contributed by atoms with Gasteiger partial charge in [0, 0.05) is 30.5 Å². The molecule has 38 heavy (non-hydrogen) atoms. The third kappa shape index (κ3) is 5.65. The van der Waals surface area contributed by atoms with Crippen LogP contribution in [0.2, 0.25) is 0 Å². The van der Waals surface area contributed by atoms with E-state index in [-0.39, 0.29) is 36.4 Å². The number of methoxy groups -OCH3 is 1. The number of aryl methyl sites for hydroxylation is 1. The van der Waals surface area contributed by atoms with Gasteiger partial charge in [0.1, 0.15) is 35.7 Å². The van der Waals surface area contributed by atoms with Crippen molar-refractivity contribution in [3.8, 4) is 17.0 Å². The van der Waals surface area contributed by atoms with Crippen LogP contribution in [0.25, 0.3) is 22.3 Å². The van der Waals surface area contributed by atoms with Gasteiger partial charge >= 0.3 is 0 Å². The number of aromatic nitrogens is 3. The number of nitrogens with zero attached hydrogens (tertiary/aromatic N) is 2. The molecule has 202 valence electrons. The summed E-state index contributed by atoms with van der Waals surface area (Å²) in [6.45, 7) is 4.52. The number of nitrogens with one attached hydrogen (secondary N) is 3. The molecule has 2 fully saturated rings. The number of fused-ring (bicyclic) bond motifs is 1. The number of benzene rings is 1. The summed E-state index contributed by atoms with van der Waals surface area (Å²) in [5, 5.41) is 6.18. The van der Waals surface area contributed by atoms with Crippen LogP contribution in [0.15, 0.2) is 24.5 Å². The Morgan fingerprint density at radius 1 is 1.16 bits per heavy atom. The number of H-pyrrole nitrogens is 1. The largest absolute Gasteiger partial charge is 0.493 e. The Bertz CT molecular complexity index is 1340. The number of carbonyl (C=O) groups is 2. The van der Waals surface area contributed by atoms with Crippen molar-refractivity contribution in [2.75, 3.05) is 20.3 Å². The van der Waals surface area contributed by atoms with E-state index in [1.165, 1.54) is 25.6 Å². The first-order chi connectivity index (χ1) is 18.3. The first-order valence-corrected chi connectivity index (χ1v) is 13.2. The third-order valence-electron chi connectivity index (χ3n) is 7.49. The van der Waals surface area contributed by atoms with Gasteiger partial charge in [0.2, 0.25) is 5.91 Å².